The fourth-order valence-corrected chi connectivity index (χ4v) is 4.27. The first kappa shape index (κ1) is 21.5. The second-order valence-corrected chi connectivity index (χ2v) is 7.48. The van der Waals surface area contributed by atoms with E-state index >= 15 is 0 Å². The van der Waals surface area contributed by atoms with Crippen molar-refractivity contribution >= 4 is 29.9 Å². The number of nitrogens with two attached hydrogens (primary N) is 1. The molecule has 27 heavy (non-hydrogen) atoms. The lowest BCUT2D eigenvalue weighted by molar-refractivity contribution is -0.123. The molecular formula is C20H30ClN3O3. The van der Waals surface area contributed by atoms with E-state index < -0.39 is 0 Å². The van der Waals surface area contributed by atoms with Crippen LogP contribution in [0.3, 0.4) is 0 Å². The molecule has 3 rings (SSSR count). The number of benzene rings is 1. The molecule has 2 amide bonds. The van der Waals surface area contributed by atoms with Crippen molar-refractivity contribution in [1.82, 2.24) is 5.32 Å². The maximum absolute atomic E-state index is 12.6. The number of nitrogens with one attached hydrogen (secondary N) is 2. The monoisotopic (exact) mass is 395 g/mol. The van der Waals surface area contributed by atoms with Gasteiger partial charge in [0.1, 0.15) is 5.75 Å². The van der Waals surface area contributed by atoms with Gasteiger partial charge in [-0.3, -0.25) is 9.59 Å². The molecule has 0 radical (unpaired) electrons. The first-order chi connectivity index (χ1) is 12.6. The van der Waals surface area contributed by atoms with Crippen LogP contribution in [-0.4, -0.2) is 31.5 Å². The third-order valence-corrected chi connectivity index (χ3v) is 5.78. The van der Waals surface area contributed by atoms with Crippen molar-refractivity contribution in [2.24, 2.45) is 23.5 Å². The highest BCUT2D eigenvalue weighted by molar-refractivity contribution is 5.92. The van der Waals surface area contributed by atoms with Crippen molar-refractivity contribution in [3.05, 3.63) is 24.3 Å². The van der Waals surface area contributed by atoms with Gasteiger partial charge in [-0.25, -0.2) is 0 Å². The zero-order valence-electron chi connectivity index (χ0n) is 15.8. The van der Waals surface area contributed by atoms with Gasteiger partial charge in [0.25, 0.3) is 0 Å². The summed E-state index contributed by atoms with van der Waals surface area (Å²) in [6.07, 6.45) is 5.70. The van der Waals surface area contributed by atoms with Gasteiger partial charge in [-0.05, 0) is 61.8 Å². The number of carbonyl (C=O) groups excluding carboxylic acids is 2. The van der Waals surface area contributed by atoms with E-state index in [1.807, 2.05) is 24.3 Å². The van der Waals surface area contributed by atoms with Gasteiger partial charge >= 0.3 is 0 Å². The summed E-state index contributed by atoms with van der Waals surface area (Å²) in [5, 5.41) is 5.58. The Balaban J connectivity index is 0.00000261. The SMILES string of the molecule is CNC(=O)CCOc1ccc(NC(=O)C2CC3CCCC(C2)C3N)cc1.Cl. The second-order valence-electron chi connectivity index (χ2n) is 7.48. The predicted octanol–water partition coefficient (Wildman–Crippen LogP) is 2.72. The normalized spacial score (nSPS) is 26.4. The average molecular weight is 396 g/mol. The highest BCUT2D eigenvalue weighted by Crippen LogP contribution is 2.42. The van der Waals surface area contributed by atoms with Crippen molar-refractivity contribution in [1.29, 1.82) is 0 Å². The molecule has 1 aromatic rings. The minimum atomic E-state index is -0.0501. The summed E-state index contributed by atoms with van der Waals surface area (Å²) >= 11 is 0. The van der Waals surface area contributed by atoms with Crippen molar-refractivity contribution in [2.75, 3.05) is 19.0 Å². The summed E-state index contributed by atoms with van der Waals surface area (Å²) in [5.41, 5.74) is 7.08. The van der Waals surface area contributed by atoms with Crippen molar-refractivity contribution < 1.29 is 14.3 Å². The summed E-state index contributed by atoms with van der Waals surface area (Å²) in [4.78, 5) is 23.8. The molecule has 2 fully saturated rings. The Bertz CT molecular complexity index is 624. The fraction of sp³-hybridized carbons (Fsp3) is 0.600. The first-order valence-corrected chi connectivity index (χ1v) is 9.56. The largest absolute Gasteiger partial charge is 0.493 e. The Labute approximate surface area is 167 Å². The van der Waals surface area contributed by atoms with Crippen molar-refractivity contribution in [3.8, 4) is 5.75 Å². The number of hydrogen-bond donors (Lipinski definition) is 3. The Kier molecular flexibility index (Phi) is 7.92. The zero-order valence-corrected chi connectivity index (χ0v) is 16.6. The van der Waals surface area contributed by atoms with Crippen molar-refractivity contribution in [3.63, 3.8) is 0 Å². The lowest BCUT2D eigenvalue weighted by atomic mass is 9.65. The maximum atomic E-state index is 12.6. The summed E-state index contributed by atoms with van der Waals surface area (Å²) < 4.78 is 5.53. The zero-order chi connectivity index (χ0) is 18.5. The number of amides is 2. The first-order valence-electron chi connectivity index (χ1n) is 9.56. The molecule has 2 bridgehead atoms. The lowest BCUT2D eigenvalue weighted by Crippen LogP contribution is -2.48. The molecule has 0 aliphatic heterocycles. The minimum absolute atomic E-state index is 0. The number of hydrogen-bond acceptors (Lipinski definition) is 4. The summed E-state index contributed by atoms with van der Waals surface area (Å²) in [6.45, 7) is 0.330. The topological polar surface area (TPSA) is 93.5 Å². The quantitative estimate of drug-likeness (QED) is 0.690. The molecule has 2 aliphatic rings. The Morgan fingerprint density at radius 1 is 1.15 bits per heavy atom. The minimum Gasteiger partial charge on any atom is -0.493 e. The molecule has 0 heterocycles. The van der Waals surface area contributed by atoms with Crippen LogP contribution in [0.1, 0.15) is 38.5 Å². The van der Waals surface area contributed by atoms with Crippen LogP contribution in [0.25, 0.3) is 0 Å². The van der Waals surface area contributed by atoms with E-state index in [0.29, 0.717) is 30.6 Å². The fourth-order valence-electron chi connectivity index (χ4n) is 4.27. The van der Waals surface area contributed by atoms with Gasteiger partial charge in [0, 0.05) is 24.7 Å². The van der Waals surface area contributed by atoms with Crippen molar-refractivity contribution in [2.45, 2.75) is 44.6 Å². The van der Waals surface area contributed by atoms with E-state index in [0.717, 1.165) is 31.4 Å². The summed E-state index contributed by atoms with van der Waals surface area (Å²) in [6, 6.07) is 7.57. The molecular weight excluding hydrogens is 366 g/mol. The number of fused-ring (bicyclic) bond motifs is 2. The third kappa shape index (κ3) is 5.59. The van der Waals surface area contributed by atoms with Gasteiger partial charge in [0.2, 0.25) is 11.8 Å². The van der Waals surface area contributed by atoms with E-state index in [1.165, 1.54) is 6.42 Å². The Morgan fingerprint density at radius 3 is 2.37 bits per heavy atom. The van der Waals surface area contributed by atoms with E-state index in [-0.39, 0.29) is 36.2 Å². The molecule has 0 saturated heterocycles. The molecule has 2 saturated carbocycles. The maximum Gasteiger partial charge on any atom is 0.227 e. The third-order valence-electron chi connectivity index (χ3n) is 5.78. The molecule has 1 aromatic carbocycles. The smallest absolute Gasteiger partial charge is 0.227 e. The van der Waals surface area contributed by atoms with Gasteiger partial charge in [-0.2, -0.15) is 0 Å². The van der Waals surface area contributed by atoms with E-state index in [4.69, 9.17) is 10.5 Å². The Morgan fingerprint density at radius 2 is 1.78 bits per heavy atom. The molecule has 0 spiro atoms. The van der Waals surface area contributed by atoms with Gasteiger partial charge in [-0.1, -0.05) is 6.42 Å². The van der Waals surface area contributed by atoms with Crippen LogP contribution in [0.2, 0.25) is 0 Å². The summed E-state index contributed by atoms with van der Waals surface area (Å²) in [7, 11) is 1.60. The predicted molar refractivity (Wildman–Crippen MR) is 108 cm³/mol. The second kappa shape index (κ2) is 9.95. The van der Waals surface area contributed by atoms with Gasteiger partial charge in [0.15, 0.2) is 0 Å². The van der Waals surface area contributed by atoms with Crippen LogP contribution < -0.4 is 21.1 Å². The van der Waals surface area contributed by atoms with Crippen LogP contribution >= 0.6 is 12.4 Å². The highest BCUT2D eigenvalue weighted by Gasteiger charge is 2.40. The number of rotatable bonds is 6. The molecule has 150 valence electrons. The number of carbonyl (C=O) groups is 2. The summed E-state index contributed by atoms with van der Waals surface area (Å²) in [5.74, 6) is 1.79. The van der Waals surface area contributed by atoms with E-state index in [9.17, 15) is 9.59 Å². The molecule has 2 unspecified atom stereocenters. The highest BCUT2D eigenvalue weighted by atomic mass is 35.5. The molecule has 6 nitrogen and oxygen atoms in total. The average Bonchev–Trinajstić information content (AvgIpc) is 2.62. The van der Waals surface area contributed by atoms with Crippen LogP contribution in [-0.2, 0) is 9.59 Å². The lowest BCUT2D eigenvalue weighted by Gasteiger charge is -2.43. The van der Waals surface area contributed by atoms with Gasteiger partial charge in [-0.15, -0.1) is 12.4 Å². The standard InChI is InChI=1S/C20H29N3O3.ClH/c1-22-18(24)9-10-26-17-7-5-16(6-8-17)23-20(25)15-11-13-3-2-4-14(12-15)19(13)21;/h5-8,13-15,19H,2-4,9-12,21H2,1H3,(H,22,24)(H,23,25);1H. The van der Waals surface area contributed by atoms with Gasteiger partial charge in [0.05, 0.1) is 13.0 Å². The van der Waals surface area contributed by atoms with Gasteiger partial charge < -0.3 is 21.1 Å². The molecule has 4 N–H and O–H groups in total. The van der Waals surface area contributed by atoms with E-state index in [2.05, 4.69) is 10.6 Å². The molecule has 2 atom stereocenters. The molecule has 7 heteroatoms. The van der Waals surface area contributed by atoms with Crippen LogP contribution in [0.5, 0.6) is 5.75 Å². The Hall–Kier alpha value is -1.79. The molecule has 2 aliphatic carbocycles. The van der Waals surface area contributed by atoms with Crippen LogP contribution in [0.15, 0.2) is 24.3 Å². The number of anilines is 1. The van der Waals surface area contributed by atoms with Crippen LogP contribution in [0, 0.1) is 17.8 Å². The van der Waals surface area contributed by atoms with Crippen LogP contribution in [0.4, 0.5) is 5.69 Å². The number of halogens is 1. The number of ether oxygens (including phenoxy) is 1. The van der Waals surface area contributed by atoms with E-state index in [1.54, 1.807) is 7.05 Å². The molecule has 0 aromatic heterocycles.